The first kappa shape index (κ1) is 18.0. The molecule has 2 aromatic carbocycles. The van der Waals surface area contributed by atoms with Gasteiger partial charge in [-0.3, -0.25) is 9.59 Å². The molecule has 0 spiro atoms. The fourth-order valence-electron chi connectivity index (χ4n) is 3.15. The number of methoxy groups -OCH3 is 1. The van der Waals surface area contributed by atoms with Crippen molar-refractivity contribution in [2.75, 3.05) is 20.2 Å². The van der Waals surface area contributed by atoms with Crippen molar-refractivity contribution >= 4 is 11.8 Å². The van der Waals surface area contributed by atoms with Gasteiger partial charge in [0.15, 0.2) is 0 Å². The predicted octanol–water partition coefficient (Wildman–Crippen LogP) is 2.79. The molecule has 26 heavy (non-hydrogen) atoms. The van der Waals surface area contributed by atoms with E-state index in [-0.39, 0.29) is 11.8 Å². The van der Waals surface area contributed by atoms with E-state index in [1.54, 1.807) is 7.11 Å². The largest absolute Gasteiger partial charge is 0.497 e. The molecule has 5 nitrogen and oxygen atoms in total. The average Bonchev–Trinajstić information content (AvgIpc) is 3.21. The summed E-state index contributed by atoms with van der Waals surface area (Å²) in [6.07, 6.45) is 2.45. The van der Waals surface area contributed by atoms with Crippen LogP contribution >= 0.6 is 0 Å². The van der Waals surface area contributed by atoms with Gasteiger partial charge in [0, 0.05) is 25.2 Å². The number of ether oxygens (including phenoxy) is 1. The van der Waals surface area contributed by atoms with Gasteiger partial charge in [0.2, 0.25) is 5.91 Å². The van der Waals surface area contributed by atoms with Gasteiger partial charge >= 0.3 is 0 Å². The molecule has 0 atom stereocenters. The fourth-order valence-corrected chi connectivity index (χ4v) is 3.15. The van der Waals surface area contributed by atoms with Gasteiger partial charge in [-0.1, -0.05) is 24.3 Å². The summed E-state index contributed by atoms with van der Waals surface area (Å²) in [7, 11) is 1.61. The van der Waals surface area contributed by atoms with Crippen molar-refractivity contribution in [3.8, 4) is 5.75 Å². The highest BCUT2D eigenvalue weighted by Gasteiger charge is 2.19. The number of carbonyl (C=O) groups is 2. The maximum absolute atomic E-state index is 12.5. The Balaban J connectivity index is 1.56. The van der Waals surface area contributed by atoms with Crippen LogP contribution in [0.5, 0.6) is 5.75 Å². The topological polar surface area (TPSA) is 58.6 Å². The molecule has 0 aromatic heterocycles. The van der Waals surface area contributed by atoms with Gasteiger partial charge in [-0.15, -0.1) is 0 Å². The molecule has 0 aliphatic carbocycles. The Morgan fingerprint density at radius 1 is 1.04 bits per heavy atom. The second kappa shape index (κ2) is 8.52. The maximum atomic E-state index is 12.5. The number of likely N-dealkylation sites (tertiary alicyclic amines) is 1. The summed E-state index contributed by atoms with van der Waals surface area (Å²) in [6, 6.07) is 15.0. The van der Waals surface area contributed by atoms with Gasteiger partial charge in [-0.05, 0) is 48.2 Å². The lowest BCUT2D eigenvalue weighted by Crippen LogP contribution is -2.28. The average molecular weight is 352 g/mol. The molecular weight excluding hydrogens is 328 g/mol. The van der Waals surface area contributed by atoms with Crippen LogP contribution in [0.15, 0.2) is 48.5 Å². The van der Waals surface area contributed by atoms with E-state index in [1.807, 2.05) is 53.4 Å². The SMILES string of the molecule is COc1cccc(CC(=O)NCc2cccc(C(=O)N3CCCC3)c2)c1. The first-order valence-electron chi connectivity index (χ1n) is 8.93. The zero-order chi connectivity index (χ0) is 18.4. The molecule has 0 bridgehead atoms. The quantitative estimate of drug-likeness (QED) is 0.870. The summed E-state index contributed by atoms with van der Waals surface area (Å²) < 4.78 is 5.18. The van der Waals surface area contributed by atoms with Crippen LogP contribution < -0.4 is 10.1 Å². The van der Waals surface area contributed by atoms with Crippen LogP contribution in [0.1, 0.15) is 34.3 Å². The normalized spacial score (nSPS) is 13.5. The molecule has 0 radical (unpaired) electrons. The predicted molar refractivity (Wildman–Crippen MR) is 100 cm³/mol. The summed E-state index contributed by atoms with van der Waals surface area (Å²) in [4.78, 5) is 26.5. The number of amides is 2. The molecule has 2 amide bonds. The van der Waals surface area contributed by atoms with Crippen molar-refractivity contribution in [2.45, 2.75) is 25.8 Å². The molecule has 0 saturated carbocycles. The highest BCUT2D eigenvalue weighted by atomic mass is 16.5. The van der Waals surface area contributed by atoms with E-state index in [9.17, 15) is 9.59 Å². The number of nitrogens with one attached hydrogen (secondary N) is 1. The van der Waals surface area contributed by atoms with Crippen molar-refractivity contribution in [3.63, 3.8) is 0 Å². The van der Waals surface area contributed by atoms with E-state index in [0.29, 0.717) is 18.5 Å². The third kappa shape index (κ3) is 4.63. The van der Waals surface area contributed by atoms with Crippen molar-refractivity contribution in [2.24, 2.45) is 0 Å². The summed E-state index contributed by atoms with van der Waals surface area (Å²) in [5.41, 5.74) is 2.51. The van der Waals surface area contributed by atoms with E-state index in [2.05, 4.69) is 5.32 Å². The Hall–Kier alpha value is -2.82. The van der Waals surface area contributed by atoms with Gasteiger partial charge in [-0.2, -0.15) is 0 Å². The summed E-state index contributed by atoms with van der Waals surface area (Å²) in [6.45, 7) is 2.07. The Morgan fingerprint density at radius 3 is 2.54 bits per heavy atom. The highest BCUT2D eigenvalue weighted by molar-refractivity contribution is 5.94. The zero-order valence-electron chi connectivity index (χ0n) is 15.0. The molecule has 0 unspecified atom stereocenters. The second-order valence-corrected chi connectivity index (χ2v) is 6.50. The monoisotopic (exact) mass is 352 g/mol. The Bertz CT molecular complexity index is 782. The molecule has 2 aromatic rings. The first-order valence-corrected chi connectivity index (χ1v) is 8.93. The lowest BCUT2D eigenvalue weighted by Gasteiger charge is -2.15. The van der Waals surface area contributed by atoms with Gasteiger partial charge in [0.05, 0.1) is 13.5 Å². The second-order valence-electron chi connectivity index (χ2n) is 6.50. The number of carbonyl (C=O) groups excluding carboxylic acids is 2. The molecule has 1 N–H and O–H groups in total. The summed E-state index contributed by atoms with van der Waals surface area (Å²) >= 11 is 0. The minimum absolute atomic E-state index is 0.0606. The van der Waals surface area contributed by atoms with Crippen molar-refractivity contribution in [1.29, 1.82) is 0 Å². The zero-order valence-corrected chi connectivity index (χ0v) is 15.0. The minimum Gasteiger partial charge on any atom is -0.497 e. The molecule has 1 saturated heterocycles. The van der Waals surface area contributed by atoms with Crippen LogP contribution in [0.25, 0.3) is 0 Å². The number of rotatable bonds is 6. The molecule has 1 fully saturated rings. The van der Waals surface area contributed by atoms with Crippen LogP contribution in [-0.4, -0.2) is 36.9 Å². The van der Waals surface area contributed by atoms with E-state index >= 15 is 0 Å². The number of benzene rings is 2. The summed E-state index contributed by atoms with van der Waals surface area (Å²) in [5, 5.41) is 2.92. The molecule has 5 heteroatoms. The Labute approximate surface area is 154 Å². The molecule has 1 aliphatic heterocycles. The highest BCUT2D eigenvalue weighted by Crippen LogP contribution is 2.15. The lowest BCUT2D eigenvalue weighted by atomic mass is 10.1. The van der Waals surface area contributed by atoms with Gasteiger partial charge in [-0.25, -0.2) is 0 Å². The van der Waals surface area contributed by atoms with E-state index < -0.39 is 0 Å². The Kier molecular flexibility index (Phi) is 5.89. The van der Waals surface area contributed by atoms with Gasteiger partial charge < -0.3 is 15.0 Å². The van der Waals surface area contributed by atoms with Crippen molar-refractivity contribution < 1.29 is 14.3 Å². The standard InChI is InChI=1S/C21H24N2O3/c1-26-19-9-5-6-16(13-19)14-20(24)22-15-17-7-4-8-18(12-17)21(25)23-10-2-3-11-23/h4-9,12-13H,2-3,10-11,14-15H2,1H3,(H,22,24). The van der Waals surface area contributed by atoms with Crippen LogP contribution in [0.3, 0.4) is 0 Å². The third-order valence-electron chi connectivity index (χ3n) is 4.56. The molecular formula is C21H24N2O3. The van der Waals surface area contributed by atoms with Crippen LogP contribution in [-0.2, 0) is 17.8 Å². The van der Waals surface area contributed by atoms with Crippen LogP contribution in [0.2, 0.25) is 0 Å². The maximum Gasteiger partial charge on any atom is 0.253 e. The number of hydrogen-bond acceptors (Lipinski definition) is 3. The molecule has 3 rings (SSSR count). The van der Waals surface area contributed by atoms with E-state index in [4.69, 9.17) is 4.74 Å². The molecule has 1 heterocycles. The number of nitrogens with zero attached hydrogens (tertiary/aromatic N) is 1. The van der Waals surface area contributed by atoms with E-state index in [1.165, 1.54) is 0 Å². The fraction of sp³-hybridized carbons (Fsp3) is 0.333. The smallest absolute Gasteiger partial charge is 0.253 e. The first-order chi connectivity index (χ1) is 12.7. The lowest BCUT2D eigenvalue weighted by molar-refractivity contribution is -0.120. The van der Waals surface area contributed by atoms with Crippen molar-refractivity contribution in [3.05, 3.63) is 65.2 Å². The van der Waals surface area contributed by atoms with Crippen LogP contribution in [0.4, 0.5) is 0 Å². The van der Waals surface area contributed by atoms with Gasteiger partial charge in [0.25, 0.3) is 5.91 Å². The van der Waals surface area contributed by atoms with Crippen LogP contribution in [0, 0.1) is 0 Å². The molecule has 1 aliphatic rings. The van der Waals surface area contributed by atoms with Gasteiger partial charge in [0.1, 0.15) is 5.75 Å². The number of hydrogen-bond donors (Lipinski definition) is 1. The van der Waals surface area contributed by atoms with E-state index in [0.717, 1.165) is 42.8 Å². The Morgan fingerprint density at radius 2 is 1.77 bits per heavy atom. The minimum atomic E-state index is -0.0606. The molecule has 136 valence electrons. The van der Waals surface area contributed by atoms with Crippen molar-refractivity contribution in [1.82, 2.24) is 10.2 Å². The third-order valence-corrected chi connectivity index (χ3v) is 4.56. The summed E-state index contributed by atoms with van der Waals surface area (Å²) in [5.74, 6) is 0.755.